The molecule has 0 saturated heterocycles. The number of carbonyl (C=O) groups excluding carboxylic acids is 1. The third-order valence-electron chi connectivity index (χ3n) is 4.30. The lowest BCUT2D eigenvalue weighted by molar-refractivity contribution is -0.138. The molecular weight excluding hydrogens is 360 g/mol. The molecule has 27 heavy (non-hydrogen) atoms. The highest BCUT2D eigenvalue weighted by Crippen LogP contribution is 2.35. The molecule has 1 amide bonds. The fourth-order valence-corrected chi connectivity index (χ4v) is 3.81. The first-order valence-corrected chi connectivity index (χ1v) is 9.95. The van der Waals surface area contributed by atoms with Crippen molar-refractivity contribution in [2.75, 3.05) is 5.32 Å². The van der Waals surface area contributed by atoms with Gasteiger partial charge in [-0.1, -0.05) is 44.5 Å². The molecule has 0 bridgehead atoms. The van der Waals surface area contributed by atoms with Crippen LogP contribution in [0.15, 0.2) is 29.6 Å². The van der Waals surface area contributed by atoms with Gasteiger partial charge < -0.3 is 10.4 Å². The monoisotopic (exact) mass is 384 g/mol. The third-order valence-corrected chi connectivity index (χ3v) is 5.19. The second-order valence-electron chi connectivity index (χ2n) is 6.72. The molecule has 2 rings (SSSR count). The van der Waals surface area contributed by atoms with Crippen molar-refractivity contribution in [3.8, 4) is 17.2 Å². The Morgan fingerprint density at radius 1 is 1.26 bits per heavy atom. The van der Waals surface area contributed by atoms with Gasteiger partial charge in [0, 0.05) is 23.8 Å². The predicted octanol–water partition coefficient (Wildman–Crippen LogP) is 5.07. The Hall–Kier alpha value is -2.65. The van der Waals surface area contributed by atoms with E-state index in [1.807, 2.05) is 17.5 Å². The molecule has 5 nitrogen and oxygen atoms in total. The number of anilines is 1. The van der Waals surface area contributed by atoms with Gasteiger partial charge in [-0.15, -0.1) is 11.3 Å². The fraction of sp³-hybridized carbons (Fsp3) is 0.381. The molecule has 2 N–H and O–H groups in total. The average molecular weight is 385 g/mol. The number of amides is 1. The summed E-state index contributed by atoms with van der Waals surface area (Å²) in [5, 5.41) is 23.5. The molecule has 1 heterocycles. The number of nitrogens with one attached hydrogen (secondary N) is 1. The second-order valence-corrected chi connectivity index (χ2v) is 7.60. The molecule has 0 fully saturated rings. The van der Waals surface area contributed by atoms with Crippen LogP contribution < -0.4 is 5.32 Å². The molecule has 1 aromatic carbocycles. The van der Waals surface area contributed by atoms with Gasteiger partial charge in [-0.05, 0) is 29.9 Å². The number of carbonyl (C=O) groups is 2. The zero-order valence-electron chi connectivity index (χ0n) is 15.6. The molecule has 2 aromatic rings. The summed E-state index contributed by atoms with van der Waals surface area (Å²) in [6, 6.07) is 10.4. The Labute approximate surface area is 163 Å². The molecule has 6 heteroatoms. The van der Waals surface area contributed by atoms with Gasteiger partial charge >= 0.3 is 5.97 Å². The highest BCUT2D eigenvalue weighted by Gasteiger charge is 2.17. The minimum Gasteiger partial charge on any atom is -0.481 e. The minimum atomic E-state index is -0.922. The van der Waals surface area contributed by atoms with Crippen LogP contribution in [0.25, 0.3) is 11.1 Å². The number of aliphatic carboxylic acids is 1. The summed E-state index contributed by atoms with van der Waals surface area (Å²) in [5.74, 6) is -1.46. The maximum absolute atomic E-state index is 12.2. The summed E-state index contributed by atoms with van der Waals surface area (Å²) in [6.45, 7) is 3.88. The minimum absolute atomic E-state index is 0.0569. The van der Waals surface area contributed by atoms with E-state index in [4.69, 9.17) is 5.11 Å². The fourth-order valence-electron chi connectivity index (χ4n) is 2.87. The number of nitriles is 1. The van der Waals surface area contributed by atoms with Gasteiger partial charge in [-0.2, -0.15) is 5.26 Å². The molecule has 1 aromatic heterocycles. The summed E-state index contributed by atoms with van der Waals surface area (Å²) in [7, 11) is 0. The van der Waals surface area contributed by atoms with E-state index in [-0.39, 0.29) is 24.7 Å². The normalized spacial score (nSPS) is 11.6. The highest BCUT2D eigenvalue weighted by molar-refractivity contribution is 7.15. The van der Waals surface area contributed by atoms with Gasteiger partial charge in [0.15, 0.2) is 0 Å². The van der Waals surface area contributed by atoms with E-state index < -0.39 is 5.97 Å². The van der Waals surface area contributed by atoms with E-state index in [0.717, 1.165) is 30.4 Å². The van der Waals surface area contributed by atoms with Crippen molar-refractivity contribution in [3.63, 3.8) is 0 Å². The number of carboxylic acid groups (broad SMARTS) is 1. The molecule has 142 valence electrons. The summed E-state index contributed by atoms with van der Waals surface area (Å²) in [4.78, 5) is 22.9. The largest absolute Gasteiger partial charge is 0.481 e. The summed E-state index contributed by atoms with van der Waals surface area (Å²) in [6.07, 6.45) is 3.40. The number of carboxylic acids is 1. The maximum atomic E-state index is 12.2. The van der Waals surface area contributed by atoms with Gasteiger partial charge in [0.2, 0.25) is 5.91 Å². The zero-order valence-corrected chi connectivity index (χ0v) is 16.4. The van der Waals surface area contributed by atoms with Crippen LogP contribution in [-0.2, 0) is 16.0 Å². The number of aryl methyl sites for hydroxylation is 1. The van der Waals surface area contributed by atoms with Crippen molar-refractivity contribution in [1.29, 1.82) is 5.26 Å². The standard InChI is InChI=1S/C21H24N2O3S/c1-3-4-5-15-6-8-16(9-7-15)18-13-27-21(17(18)12-22)23-19(24)10-14(2)11-20(25)26/h6-9,13-14H,3-5,10-11H2,1-2H3,(H,23,24)(H,25,26)/t14-/m0/s1. The van der Waals surface area contributed by atoms with Crippen LogP contribution >= 0.6 is 11.3 Å². The zero-order chi connectivity index (χ0) is 19.8. The number of hydrogen-bond donors (Lipinski definition) is 2. The molecule has 0 aliphatic heterocycles. The van der Waals surface area contributed by atoms with Crippen LogP contribution in [0.1, 0.15) is 50.7 Å². The van der Waals surface area contributed by atoms with E-state index in [2.05, 4.69) is 30.4 Å². The predicted molar refractivity (Wildman–Crippen MR) is 108 cm³/mol. The molecule has 0 aliphatic rings. The number of thiophene rings is 1. The smallest absolute Gasteiger partial charge is 0.303 e. The van der Waals surface area contributed by atoms with Gasteiger partial charge in [-0.25, -0.2) is 0 Å². The van der Waals surface area contributed by atoms with E-state index >= 15 is 0 Å². The van der Waals surface area contributed by atoms with E-state index in [9.17, 15) is 14.9 Å². The van der Waals surface area contributed by atoms with Crippen LogP contribution in [0.2, 0.25) is 0 Å². The van der Waals surface area contributed by atoms with Crippen molar-refractivity contribution in [2.45, 2.75) is 46.0 Å². The van der Waals surface area contributed by atoms with E-state index in [1.165, 1.54) is 16.9 Å². The van der Waals surface area contributed by atoms with Crippen LogP contribution in [0.3, 0.4) is 0 Å². The summed E-state index contributed by atoms with van der Waals surface area (Å²) >= 11 is 1.31. The Morgan fingerprint density at radius 3 is 2.56 bits per heavy atom. The van der Waals surface area contributed by atoms with Gasteiger partial charge in [0.1, 0.15) is 11.1 Å². The van der Waals surface area contributed by atoms with Gasteiger partial charge in [0.05, 0.1) is 5.56 Å². The molecule has 0 saturated carbocycles. The molecular formula is C21H24N2O3S. The third kappa shape index (κ3) is 5.93. The topological polar surface area (TPSA) is 90.2 Å². The average Bonchev–Trinajstić information content (AvgIpc) is 3.01. The number of unbranched alkanes of at least 4 members (excludes halogenated alkanes) is 1. The van der Waals surface area contributed by atoms with Crippen molar-refractivity contribution in [2.24, 2.45) is 5.92 Å². The van der Waals surface area contributed by atoms with Gasteiger partial charge in [-0.3, -0.25) is 9.59 Å². The van der Waals surface area contributed by atoms with Crippen molar-refractivity contribution < 1.29 is 14.7 Å². The SMILES string of the molecule is CCCCc1ccc(-c2csc(NC(=O)C[C@H](C)CC(=O)O)c2C#N)cc1. The Bertz CT molecular complexity index is 834. The second kappa shape index (κ2) is 9.89. The number of hydrogen-bond acceptors (Lipinski definition) is 4. The quantitative estimate of drug-likeness (QED) is 0.631. The lowest BCUT2D eigenvalue weighted by Crippen LogP contribution is -2.16. The van der Waals surface area contributed by atoms with Gasteiger partial charge in [0.25, 0.3) is 0 Å². The lowest BCUT2D eigenvalue weighted by Gasteiger charge is -2.09. The summed E-state index contributed by atoms with van der Waals surface area (Å²) < 4.78 is 0. The van der Waals surface area contributed by atoms with Crippen LogP contribution in [0, 0.1) is 17.2 Å². The van der Waals surface area contributed by atoms with Crippen molar-refractivity contribution >= 4 is 28.2 Å². The van der Waals surface area contributed by atoms with Crippen LogP contribution in [-0.4, -0.2) is 17.0 Å². The maximum Gasteiger partial charge on any atom is 0.303 e. The van der Waals surface area contributed by atoms with Crippen LogP contribution in [0.5, 0.6) is 0 Å². The molecule has 0 spiro atoms. The molecule has 0 radical (unpaired) electrons. The van der Waals surface area contributed by atoms with E-state index in [1.54, 1.807) is 6.92 Å². The van der Waals surface area contributed by atoms with Crippen molar-refractivity contribution in [3.05, 3.63) is 40.8 Å². The first-order chi connectivity index (χ1) is 12.9. The Kier molecular flexibility index (Phi) is 7.56. The molecule has 1 atom stereocenters. The Balaban J connectivity index is 2.11. The number of benzene rings is 1. The molecule has 0 aliphatic carbocycles. The number of rotatable bonds is 9. The first kappa shape index (κ1) is 20.7. The summed E-state index contributed by atoms with van der Waals surface area (Å²) in [5.41, 5.74) is 3.47. The number of nitrogens with zero attached hydrogens (tertiary/aromatic N) is 1. The lowest BCUT2D eigenvalue weighted by atomic mass is 10.0. The van der Waals surface area contributed by atoms with E-state index in [0.29, 0.717) is 10.6 Å². The first-order valence-electron chi connectivity index (χ1n) is 9.07. The Morgan fingerprint density at radius 2 is 1.96 bits per heavy atom. The molecule has 0 unspecified atom stereocenters. The van der Waals surface area contributed by atoms with Crippen LogP contribution in [0.4, 0.5) is 5.00 Å². The van der Waals surface area contributed by atoms with Crippen molar-refractivity contribution in [1.82, 2.24) is 0 Å². The highest BCUT2D eigenvalue weighted by atomic mass is 32.1.